The van der Waals surface area contributed by atoms with Crippen molar-refractivity contribution < 1.29 is 24.2 Å². The highest BCUT2D eigenvalue weighted by molar-refractivity contribution is 6.32. The van der Waals surface area contributed by atoms with Crippen LogP contribution in [0, 0.1) is 34.1 Å². The summed E-state index contributed by atoms with van der Waals surface area (Å²) in [6.07, 6.45) is 2.97. The van der Waals surface area contributed by atoms with E-state index in [1.54, 1.807) is 100 Å². The molecule has 0 aromatic heterocycles. The Morgan fingerprint density at radius 2 is 1.10 bits per heavy atom. The fraction of sp³-hybridized carbons (Fsp3) is 0.116. The van der Waals surface area contributed by atoms with Crippen LogP contribution < -0.4 is 10.1 Å². The van der Waals surface area contributed by atoms with Crippen molar-refractivity contribution >= 4 is 70.3 Å². The predicted octanol–water partition coefficient (Wildman–Crippen LogP) is 10.5. The number of benzene rings is 5. The average Bonchev–Trinajstić information content (AvgIpc) is 3.44. The number of rotatable bonds is 5. The van der Waals surface area contributed by atoms with Gasteiger partial charge in [-0.15, -0.1) is 0 Å². The maximum absolute atomic E-state index is 13.0. The monoisotopic (exact) mass is 831 g/mol. The first-order chi connectivity index (χ1) is 28.1. The third-order valence-corrected chi connectivity index (χ3v) is 9.67. The normalized spacial score (nSPS) is 13.1. The summed E-state index contributed by atoms with van der Waals surface area (Å²) in [5, 5.41) is 37.5. The SMILES string of the molecule is CC1=Cc2ccc(Cl)cc2C(c2ccc([N+](=O)[O-])c(C)c2)=NN1C(=O)Oc1ccccc1.CNC(=O)N1N=C(c2ccc([N+](=O)[O-])c(C)c2)c2cc(Cl)ccc2C=C1C. The number of nitro groups is 2. The minimum absolute atomic E-state index is 0.00365. The van der Waals surface area contributed by atoms with E-state index in [0.717, 1.165) is 16.7 Å². The van der Waals surface area contributed by atoms with Crippen molar-refractivity contribution in [2.45, 2.75) is 27.7 Å². The van der Waals surface area contributed by atoms with Crippen molar-refractivity contribution in [1.82, 2.24) is 15.3 Å². The van der Waals surface area contributed by atoms with Crippen molar-refractivity contribution in [3.05, 3.63) is 189 Å². The number of fused-ring (bicyclic) bond motifs is 2. The van der Waals surface area contributed by atoms with E-state index in [9.17, 15) is 29.8 Å². The highest BCUT2D eigenvalue weighted by atomic mass is 35.5. The van der Waals surface area contributed by atoms with Crippen molar-refractivity contribution in [1.29, 1.82) is 0 Å². The average molecular weight is 833 g/mol. The zero-order chi connectivity index (χ0) is 42.5. The van der Waals surface area contributed by atoms with Crippen LogP contribution in [0.5, 0.6) is 5.75 Å². The molecule has 14 nitrogen and oxygen atoms in total. The Balaban J connectivity index is 0.000000201. The summed E-state index contributed by atoms with van der Waals surface area (Å²) < 4.78 is 5.48. The quantitative estimate of drug-likeness (QED) is 0.135. The van der Waals surface area contributed by atoms with Gasteiger partial charge in [-0.2, -0.15) is 20.2 Å². The molecule has 0 spiro atoms. The highest BCUT2D eigenvalue weighted by Crippen LogP contribution is 2.31. The second-order valence-electron chi connectivity index (χ2n) is 13.3. The van der Waals surface area contributed by atoms with E-state index in [-0.39, 0.29) is 11.4 Å². The van der Waals surface area contributed by atoms with E-state index in [4.69, 9.17) is 27.9 Å². The van der Waals surface area contributed by atoms with Gasteiger partial charge in [0.25, 0.3) is 11.4 Å². The molecular weight excluding hydrogens is 797 g/mol. The number of hydrogen-bond donors (Lipinski definition) is 1. The summed E-state index contributed by atoms with van der Waals surface area (Å²) in [7, 11) is 1.52. The Bertz CT molecular complexity index is 2660. The highest BCUT2D eigenvalue weighted by Gasteiger charge is 2.26. The van der Waals surface area contributed by atoms with Crippen LogP contribution >= 0.6 is 23.2 Å². The number of hydrazone groups is 2. The second-order valence-corrected chi connectivity index (χ2v) is 14.2. The maximum atomic E-state index is 13.0. The molecule has 0 saturated heterocycles. The number of nitrogens with one attached hydrogen (secondary N) is 1. The number of carbonyl (C=O) groups excluding carboxylic acids is 2. The van der Waals surface area contributed by atoms with Crippen LogP contribution in [0.15, 0.2) is 125 Å². The number of urea groups is 1. The first-order valence-electron chi connectivity index (χ1n) is 17.9. The Morgan fingerprint density at radius 3 is 1.54 bits per heavy atom. The number of allylic oxidation sites excluding steroid dienone is 2. The van der Waals surface area contributed by atoms with Gasteiger partial charge in [0.05, 0.1) is 21.3 Å². The van der Waals surface area contributed by atoms with Gasteiger partial charge in [0.1, 0.15) is 5.75 Å². The van der Waals surface area contributed by atoms with Crippen LogP contribution in [0.4, 0.5) is 21.0 Å². The molecule has 59 heavy (non-hydrogen) atoms. The molecule has 0 bridgehead atoms. The fourth-order valence-corrected chi connectivity index (χ4v) is 6.67. The lowest BCUT2D eigenvalue weighted by Crippen LogP contribution is -2.33. The standard InChI is InChI=1S/C24H18ClN3O4.C19H17ClN4O3/c1-15-12-18(9-11-22(15)28(30)31)23-21-14-19(25)10-8-17(21)13-16(2)27(26-23)24(29)32-20-6-4-3-5-7-20;1-11-8-14(5-7-17(11)24(26)27)18-16-10-15(20)6-4-13(16)9-12(2)23(22-18)19(25)21-3/h3-14H,1-2H3;4-10H,1-3H3,(H,21,25). The summed E-state index contributed by atoms with van der Waals surface area (Å²) in [6.45, 7) is 6.85. The van der Waals surface area contributed by atoms with Crippen molar-refractivity contribution in [3.8, 4) is 5.75 Å². The molecule has 2 heterocycles. The van der Waals surface area contributed by atoms with E-state index in [1.807, 2.05) is 30.4 Å². The summed E-state index contributed by atoms with van der Waals surface area (Å²) in [5.74, 6) is 0.387. The molecule has 0 fully saturated rings. The zero-order valence-electron chi connectivity index (χ0n) is 32.3. The van der Waals surface area contributed by atoms with Crippen LogP contribution in [-0.4, -0.2) is 50.5 Å². The van der Waals surface area contributed by atoms with Gasteiger partial charge in [0.2, 0.25) is 0 Å². The molecule has 5 aromatic carbocycles. The van der Waals surface area contributed by atoms with E-state index >= 15 is 0 Å². The zero-order valence-corrected chi connectivity index (χ0v) is 33.8. The summed E-state index contributed by atoms with van der Waals surface area (Å²) >= 11 is 12.4. The van der Waals surface area contributed by atoms with Crippen LogP contribution in [0.25, 0.3) is 12.2 Å². The largest absolute Gasteiger partial charge is 0.440 e. The third-order valence-electron chi connectivity index (χ3n) is 9.20. The molecule has 5 aromatic rings. The van der Waals surface area contributed by atoms with Gasteiger partial charge >= 0.3 is 12.1 Å². The van der Waals surface area contributed by atoms with Gasteiger partial charge in [0, 0.05) is 74.0 Å². The van der Waals surface area contributed by atoms with Gasteiger partial charge in [0.15, 0.2) is 0 Å². The molecule has 7 rings (SSSR count). The number of para-hydroxylation sites is 1. The first kappa shape index (κ1) is 41.5. The molecule has 0 saturated carbocycles. The van der Waals surface area contributed by atoms with Gasteiger partial charge < -0.3 is 10.1 Å². The minimum atomic E-state index is -0.681. The fourth-order valence-electron chi connectivity index (χ4n) is 6.33. The molecule has 0 radical (unpaired) electrons. The summed E-state index contributed by atoms with van der Waals surface area (Å²) in [5.41, 5.74) is 7.47. The first-order valence-corrected chi connectivity index (χ1v) is 18.6. The smallest absolute Gasteiger partial charge is 0.409 e. The molecular formula is C43H35Cl2N7O7. The molecule has 0 aliphatic carbocycles. The van der Waals surface area contributed by atoms with Crippen LogP contribution in [0.2, 0.25) is 10.0 Å². The number of ether oxygens (including phenoxy) is 1. The number of hydrogen-bond acceptors (Lipinski definition) is 9. The van der Waals surface area contributed by atoms with Crippen LogP contribution in [0.3, 0.4) is 0 Å². The predicted molar refractivity (Wildman–Crippen MR) is 228 cm³/mol. The summed E-state index contributed by atoms with van der Waals surface area (Å²) in [6, 6.07) is 28.5. The molecule has 3 amide bonds. The maximum Gasteiger partial charge on any atom is 0.440 e. The molecule has 298 valence electrons. The van der Waals surface area contributed by atoms with E-state index in [0.29, 0.717) is 66.4 Å². The van der Waals surface area contributed by atoms with Gasteiger partial charge in [-0.25, -0.2) is 9.59 Å². The molecule has 1 N–H and O–H groups in total. The Kier molecular flexibility index (Phi) is 12.3. The van der Waals surface area contributed by atoms with Gasteiger partial charge in [-0.05, 0) is 112 Å². The number of nitrogens with zero attached hydrogens (tertiary/aromatic N) is 6. The molecule has 2 aliphatic heterocycles. The Labute approximate surface area is 348 Å². The third kappa shape index (κ3) is 9.20. The molecule has 0 unspecified atom stereocenters. The van der Waals surface area contributed by atoms with Crippen molar-refractivity contribution in [2.24, 2.45) is 10.2 Å². The van der Waals surface area contributed by atoms with Crippen LogP contribution in [0.1, 0.15) is 58.4 Å². The van der Waals surface area contributed by atoms with Gasteiger partial charge in [-0.1, -0.05) is 53.5 Å². The number of aryl methyl sites for hydroxylation is 2. The van der Waals surface area contributed by atoms with Gasteiger partial charge in [-0.3, -0.25) is 20.2 Å². The van der Waals surface area contributed by atoms with E-state index < -0.39 is 22.0 Å². The van der Waals surface area contributed by atoms with Crippen molar-refractivity contribution in [2.75, 3.05) is 7.05 Å². The molecule has 2 aliphatic rings. The van der Waals surface area contributed by atoms with E-state index in [1.165, 1.54) is 29.2 Å². The number of carbonyl (C=O) groups is 2. The number of nitro benzene ring substituents is 2. The second kappa shape index (κ2) is 17.5. The molecule has 0 atom stereocenters. The number of halogens is 2. The lowest BCUT2D eigenvalue weighted by molar-refractivity contribution is -0.385. The van der Waals surface area contributed by atoms with Crippen LogP contribution in [-0.2, 0) is 0 Å². The van der Waals surface area contributed by atoms with Crippen molar-refractivity contribution in [3.63, 3.8) is 0 Å². The summed E-state index contributed by atoms with van der Waals surface area (Å²) in [4.78, 5) is 46.8. The lowest BCUT2D eigenvalue weighted by Gasteiger charge is -2.18. The Morgan fingerprint density at radius 1 is 0.644 bits per heavy atom. The number of amides is 3. The topological polar surface area (TPSA) is 173 Å². The van der Waals surface area contributed by atoms with E-state index in [2.05, 4.69) is 15.5 Å². The Hall–Kier alpha value is -7.16. The molecule has 16 heteroatoms. The minimum Gasteiger partial charge on any atom is -0.409 e. The lowest BCUT2D eigenvalue weighted by atomic mass is 9.96.